The van der Waals surface area contributed by atoms with Gasteiger partial charge in [-0.15, -0.1) is 11.3 Å². The highest BCUT2D eigenvalue weighted by atomic mass is 79.9. The Kier molecular flexibility index (Phi) is 3.51. The van der Waals surface area contributed by atoms with Gasteiger partial charge in [-0.05, 0) is 33.6 Å². The van der Waals surface area contributed by atoms with Crippen molar-refractivity contribution in [2.24, 2.45) is 0 Å². The lowest BCUT2D eigenvalue weighted by Crippen LogP contribution is -1.96. The standard InChI is InChI=1S/C14H11BrN2O2S2/c1-21(18,19)9-4-2-8(3-5-9)10-6-17-14(16)12-11(15)7-20-13(10)12/h2-7H,1H3,(H2,16,17). The minimum Gasteiger partial charge on any atom is -0.383 e. The lowest BCUT2D eigenvalue weighted by molar-refractivity contribution is 0.602. The van der Waals surface area contributed by atoms with E-state index >= 15 is 0 Å². The summed E-state index contributed by atoms with van der Waals surface area (Å²) in [5.74, 6) is 0.481. The van der Waals surface area contributed by atoms with Crippen molar-refractivity contribution in [1.82, 2.24) is 4.98 Å². The largest absolute Gasteiger partial charge is 0.383 e. The molecule has 4 nitrogen and oxygen atoms in total. The number of thiophene rings is 1. The van der Waals surface area contributed by atoms with Crippen molar-refractivity contribution in [3.8, 4) is 11.1 Å². The third kappa shape index (κ3) is 2.56. The molecule has 0 aliphatic carbocycles. The molecule has 2 N–H and O–H groups in total. The molecule has 0 aliphatic rings. The Balaban J connectivity index is 2.20. The molecule has 1 aromatic carbocycles. The third-order valence-corrected chi connectivity index (χ3v) is 6.24. The zero-order valence-electron chi connectivity index (χ0n) is 11.0. The van der Waals surface area contributed by atoms with Crippen molar-refractivity contribution in [3.63, 3.8) is 0 Å². The molecule has 21 heavy (non-hydrogen) atoms. The zero-order chi connectivity index (χ0) is 15.2. The molecule has 0 fully saturated rings. The summed E-state index contributed by atoms with van der Waals surface area (Å²) < 4.78 is 25.0. The minimum absolute atomic E-state index is 0.304. The van der Waals surface area contributed by atoms with Gasteiger partial charge in [0.1, 0.15) is 5.82 Å². The number of benzene rings is 1. The summed E-state index contributed by atoms with van der Waals surface area (Å²) in [6, 6.07) is 6.79. The normalized spacial score (nSPS) is 11.9. The van der Waals surface area contributed by atoms with Crippen molar-refractivity contribution >= 4 is 53.0 Å². The number of rotatable bonds is 2. The average molecular weight is 383 g/mol. The van der Waals surface area contributed by atoms with Gasteiger partial charge in [-0.2, -0.15) is 0 Å². The summed E-state index contributed by atoms with van der Waals surface area (Å²) in [6.45, 7) is 0. The number of hydrogen-bond donors (Lipinski definition) is 1. The predicted molar refractivity (Wildman–Crippen MR) is 90.3 cm³/mol. The summed E-state index contributed by atoms with van der Waals surface area (Å²) in [7, 11) is -3.19. The highest BCUT2D eigenvalue weighted by Crippen LogP contribution is 2.39. The van der Waals surface area contributed by atoms with Gasteiger partial charge in [-0.1, -0.05) is 12.1 Å². The fraction of sp³-hybridized carbons (Fsp3) is 0.0714. The van der Waals surface area contributed by atoms with Gasteiger partial charge in [0.15, 0.2) is 9.84 Å². The molecule has 3 rings (SSSR count). The van der Waals surface area contributed by atoms with Crippen LogP contribution in [0.4, 0.5) is 5.82 Å². The molecule has 0 bridgehead atoms. The van der Waals surface area contributed by atoms with E-state index < -0.39 is 9.84 Å². The van der Waals surface area contributed by atoms with Gasteiger partial charge >= 0.3 is 0 Å². The molecule has 7 heteroatoms. The highest BCUT2D eigenvalue weighted by Gasteiger charge is 2.13. The van der Waals surface area contributed by atoms with Gasteiger partial charge in [0.25, 0.3) is 0 Å². The molecular weight excluding hydrogens is 372 g/mol. The van der Waals surface area contributed by atoms with Crippen molar-refractivity contribution in [2.45, 2.75) is 4.90 Å². The zero-order valence-corrected chi connectivity index (χ0v) is 14.2. The molecular formula is C14H11BrN2O2S2. The smallest absolute Gasteiger partial charge is 0.175 e. The first-order chi connectivity index (χ1) is 9.88. The van der Waals surface area contributed by atoms with Crippen LogP contribution in [0.5, 0.6) is 0 Å². The number of halogens is 1. The minimum atomic E-state index is -3.19. The number of pyridine rings is 1. The molecule has 3 aromatic rings. The van der Waals surface area contributed by atoms with Crippen LogP contribution in [-0.2, 0) is 9.84 Å². The van der Waals surface area contributed by atoms with Crippen LogP contribution in [0.2, 0.25) is 0 Å². The van der Waals surface area contributed by atoms with Gasteiger partial charge < -0.3 is 5.73 Å². The second kappa shape index (κ2) is 5.08. The maximum absolute atomic E-state index is 11.5. The van der Waals surface area contributed by atoms with Crippen LogP contribution in [0.15, 0.2) is 45.2 Å². The number of anilines is 1. The molecule has 0 atom stereocenters. The Morgan fingerprint density at radius 3 is 2.52 bits per heavy atom. The number of nitrogens with two attached hydrogens (primary N) is 1. The quantitative estimate of drug-likeness (QED) is 0.732. The first-order valence-electron chi connectivity index (χ1n) is 5.99. The maximum atomic E-state index is 11.5. The van der Waals surface area contributed by atoms with Crippen LogP contribution in [-0.4, -0.2) is 19.7 Å². The predicted octanol–water partition coefficient (Wildman–Crippen LogP) is 3.71. The number of sulfone groups is 1. The maximum Gasteiger partial charge on any atom is 0.175 e. The Morgan fingerprint density at radius 1 is 1.24 bits per heavy atom. The summed E-state index contributed by atoms with van der Waals surface area (Å²) in [5, 5.41) is 2.86. The van der Waals surface area contributed by atoms with Crippen LogP contribution in [0.25, 0.3) is 21.2 Å². The molecule has 0 unspecified atom stereocenters. The number of hydrogen-bond acceptors (Lipinski definition) is 5. The Morgan fingerprint density at radius 2 is 1.90 bits per heavy atom. The van der Waals surface area contributed by atoms with E-state index in [2.05, 4.69) is 20.9 Å². The number of aromatic nitrogens is 1. The van der Waals surface area contributed by atoms with Crippen molar-refractivity contribution in [1.29, 1.82) is 0 Å². The molecule has 0 saturated carbocycles. The van der Waals surface area contributed by atoms with E-state index in [1.807, 2.05) is 5.38 Å². The molecule has 0 saturated heterocycles. The molecule has 0 aliphatic heterocycles. The first kappa shape index (κ1) is 14.5. The molecule has 0 spiro atoms. The second-order valence-electron chi connectivity index (χ2n) is 4.64. The van der Waals surface area contributed by atoms with Gasteiger partial charge in [-0.3, -0.25) is 0 Å². The molecule has 2 aromatic heterocycles. The van der Waals surface area contributed by atoms with Gasteiger partial charge in [0.2, 0.25) is 0 Å². The van der Waals surface area contributed by atoms with E-state index in [4.69, 9.17) is 5.73 Å². The number of nitrogen functional groups attached to an aromatic ring is 1. The lowest BCUT2D eigenvalue weighted by Gasteiger charge is -2.06. The number of nitrogens with zero attached hydrogens (tertiary/aromatic N) is 1. The topological polar surface area (TPSA) is 73.0 Å². The van der Waals surface area contributed by atoms with E-state index in [1.54, 1.807) is 41.8 Å². The van der Waals surface area contributed by atoms with E-state index in [-0.39, 0.29) is 0 Å². The van der Waals surface area contributed by atoms with E-state index in [1.165, 1.54) is 6.26 Å². The van der Waals surface area contributed by atoms with Crippen LogP contribution in [0, 0.1) is 0 Å². The molecule has 0 amide bonds. The third-order valence-electron chi connectivity index (χ3n) is 3.17. The van der Waals surface area contributed by atoms with E-state index in [9.17, 15) is 8.42 Å². The number of fused-ring (bicyclic) bond motifs is 1. The second-order valence-corrected chi connectivity index (χ2v) is 8.39. The van der Waals surface area contributed by atoms with Crippen LogP contribution in [0.3, 0.4) is 0 Å². The highest BCUT2D eigenvalue weighted by molar-refractivity contribution is 9.10. The van der Waals surface area contributed by atoms with Crippen LogP contribution < -0.4 is 5.73 Å². The molecule has 2 heterocycles. The van der Waals surface area contributed by atoms with Gasteiger partial charge in [0, 0.05) is 38.0 Å². The van der Waals surface area contributed by atoms with Crippen molar-refractivity contribution in [2.75, 3.05) is 12.0 Å². The fourth-order valence-electron chi connectivity index (χ4n) is 2.12. The first-order valence-corrected chi connectivity index (χ1v) is 9.56. The molecule has 108 valence electrons. The Labute approximate surface area is 134 Å². The van der Waals surface area contributed by atoms with E-state index in [0.29, 0.717) is 10.7 Å². The summed E-state index contributed by atoms with van der Waals surface area (Å²) in [5.41, 5.74) is 7.77. The van der Waals surface area contributed by atoms with Gasteiger partial charge in [0.05, 0.1) is 4.90 Å². The Bertz CT molecular complexity index is 932. The Hall–Kier alpha value is -1.44. The summed E-state index contributed by atoms with van der Waals surface area (Å²) >= 11 is 5.05. The van der Waals surface area contributed by atoms with Crippen molar-refractivity contribution in [3.05, 3.63) is 40.3 Å². The van der Waals surface area contributed by atoms with E-state index in [0.717, 1.165) is 25.7 Å². The summed E-state index contributed by atoms with van der Waals surface area (Å²) in [4.78, 5) is 4.53. The molecule has 0 radical (unpaired) electrons. The SMILES string of the molecule is CS(=O)(=O)c1ccc(-c2cnc(N)c3c(Br)csc23)cc1. The van der Waals surface area contributed by atoms with Crippen molar-refractivity contribution < 1.29 is 8.42 Å². The van der Waals surface area contributed by atoms with Gasteiger partial charge in [-0.25, -0.2) is 13.4 Å². The lowest BCUT2D eigenvalue weighted by atomic mass is 10.1. The summed E-state index contributed by atoms with van der Waals surface area (Å²) in [6.07, 6.45) is 2.91. The monoisotopic (exact) mass is 382 g/mol. The van der Waals surface area contributed by atoms with Crippen LogP contribution >= 0.6 is 27.3 Å². The fourth-order valence-corrected chi connectivity index (χ4v) is 4.53. The van der Waals surface area contributed by atoms with Crippen LogP contribution in [0.1, 0.15) is 0 Å². The average Bonchev–Trinajstić information content (AvgIpc) is 2.82.